The van der Waals surface area contributed by atoms with Gasteiger partial charge in [-0.25, -0.2) is 4.79 Å². The van der Waals surface area contributed by atoms with E-state index in [1.807, 2.05) is 44.2 Å². The van der Waals surface area contributed by atoms with Gasteiger partial charge in [0.25, 0.3) is 0 Å². The summed E-state index contributed by atoms with van der Waals surface area (Å²) >= 11 is 6.69. The Hall–Kier alpha value is -3.12. The molecule has 12 heteroatoms. The first-order valence-corrected chi connectivity index (χ1v) is 15.1. The van der Waals surface area contributed by atoms with Crippen LogP contribution in [0.15, 0.2) is 35.9 Å². The number of alkyl carbamates (subject to hydrolysis) is 1. The molecule has 0 spiro atoms. The molecule has 0 saturated carbocycles. The zero-order chi connectivity index (χ0) is 32.4. The van der Waals surface area contributed by atoms with Crippen LogP contribution < -0.4 is 15.0 Å². The lowest BCUT2D eigenvalue weighted by molar-refractivity contribution is -0.161. The summed E-state index contributed by atoms with van der Waals surface area (Å²) in [6.45, 7) is 7.36. The number of halogens is 1. The van der Waals surface area contributed by atoms with E-state index in [2.05, 4.69) is 5.32 Å². The number of carbonyl (C=O) groups excluding carboxylic acids is 3. The molecule has 242 valence electrons. The number of rotatable bonds is 5. The van der Waals surface area contributed by atoms with Crippen LogP contribution in [0.3, 0.4) is 0 Å². The minimum Gasteiger partial charge on any atom is -0.495 e. The molecule has 1 N–H and O–H groups in total. The first-order valence-electron chi connectivity index (χ1n) is 14.7. The Bertz CT molecular complexity index is 1330. The molecule has 0 radical (unpaired) electrons. The van der Waals surface area contributed by atoms with Crippen molar-refractivity contribution in [2.24, 2.45) is 5.92 Å². The van der Waals surface area contributed by atoms with Gasteiger partial charge in [-0.15, -0.1) is 0 Å². The Labute approximate surface area is 263 Å². The topological polar surface area (TPSA) is 125 Å². The zero-order valence-corrected chi connectivity index (χ0v) is 27.4. The van der Waals surface area contributed by atoms with Crippen LogP contribution in [-0.4, -0.2) is 82.1 Å². The van der Waals surface area contributed by atoms with E-state index in [0.29, 0.717) is 17.9 Å². The number of epoxide rings is 1. The van der Waals surface area contributed by atoms with Crippen LogP contribution in [0.2, 0.25) is 5.02 Å². The molecule has 4 bridgehead atoms. The maximum atomic E-state index is 13.8. The fraction of sp³-hybridized carbons (Fsp3) is 0.594. The number of anilines is 1. The molecule has 2 fully saturated rings. The lowest BCUT2D eigenvalue weighted by Crippen LogP contribution is -2.64. The lowest BCUT2D eigenvalue weighted by Gasteiger charge is -2.44. The molecular formula is C32H43ClN2O9. The van der Waals surface area contributed by atoms with Gasteiger partial charge in [0.15, 0.2) is 5.72 Å². The Morgan fingerprint density at radius 3 is 2.59 bits per heavy atom. The van der Waals surface area contributed by atoms with Gasteiger partial charge in [-0.2, -0.15) is 0 Å². The first kappa shape index (κ1) is 33.8. The van der Waals surface area contributed by atoms with Crippen LogP contribution in [-0.2, 0) is 39.7 Å². The van der Waals surface area contributed by atoms with E-state index >= 15 is 0 Å². The Morgan fingerprint density at radius 2 is 1.95 bits per heavy atom. The third-order valence-corrected chi connectivity index (χ3v) is 9.23. The number of nitrogens with zero attached hydrogens (tertiary/aromatic N) is 1. The summed E-state index contributed by atoms with van der Waals surface area (Å²) in [7, 11) is 6.20. The summed E-state index contributed by atoms with van der Waals surface area (Å²) in [5.41, 5.74) is 0.108. The fourth-order valence-corrected chi connectivity index (χ4v) is 6.39. The number of benzene rings is 1. The summed E-state index contributed by atoms with van der Waals surface area (Å²) < 4.78 is 35.0. The fourth-order valence-electron chi connectivity index (χ4n) is 6.08. The van der Waals surface area contributed by atoms with Crippen LogP contribution in [0.5, 0.6) is 5.75 Å². The van der Waals surface area contributed by atoms with E-state index in [9.17, 15) is 14.4 Å². The molecule has 1 aromatic carbocycles. The number of nitrogens with one attached hydrogen (secondary N) is 1. The molecule has 11 nitrogen and oxygen atoms in total. The maximum absolute atomic E-state index is 13.8. The summed E-state index contributed by atoms with van der Waals surface area (Å²) in [6, 6.07) is 3.68. The smallest absolute Gasteiger partial charge is 0.409 e. The number of carbonyl (C=O) groups is 3. The molecule has 2 saturated heterocycles. The standard InChI is InChI=1S/C32H43ClN2O9/c1-9-27(37)43-25-16-26(36)35(5)21-14-20(15-22(39-6)28(21)33)13-18(2)11-10-12-24(40-7)32(41-8)17-23(42-30(38)34-32)19(3)29-31(25,4)44-29/h10-12,14-15,19,23-25,29H,9,13,16-17H2,1-8H3,(H,34,38). The molecule has 2 amide bonds. The number of esters is 1. The second-order valence-electron chi connectivity index (χ2n) is 11.8. The summed E-state index contributed by atoms with van der Waals surface area (Å²) in [6.07, 6.45) is 3.05. The van der Waals surface area contributed by atoms with E-state index in [-0.39, 0.29) is 36.1 Å². The summed E-state index contributed by atoms with van der Waals surface area (Å²) in [5.74, 6) is -0.710. The number of methoxy groups -OCH3 is 3. The van der Waals surface area contributed by atoms with Crippen molar-refractivity contribution >= 4 is 35.3 Å². The number of hydrogen-bond acceptors (Lipinski definition) is 9. The molecule has 3 aliphatic rings. The van der Waals surface area contributed by atoms with Crippen LogP contribution in [0, 0.1) is 5.92 Å². The van der Waals surface area contributed by atoms with E-state index in [4.69, 9.17) is 40.0 Å². The highest BCUT2D eigenvalue weighted by atomic mass is 35.5. The van der Waals surface area contributed by atoms with Gasteiger partial charge < -0.3 is 33.3 Å². The number of allylic oxidation sites excluding steroid dienone is 3. The Kier molecular flexibility index (Phi) is 10.3. The molecule has 7 unspecified atom stereocenters. The van der Waals surface area contributed by atoms with Crippen molar-refractivity contribution in [2.45, 2.75) is 89.1 Å². The number of ether oxygens (including phenoxy) is 6. The Morgan fingerprint density at radius 1 is 1.23 bits per heavy atom. The van der Waals surface area contributed by atoms with Gasteiger partial charge in [-0.3, -0.25) is 14.9 Å². The van der Waals surface area contributed by atoms with Gasteiger partial charge in [0.05, 0.1) is 25.3 Å². The van der Waals surface area contributed by atoms with Crippen molar-refractivity contribution in [1.82, 2.24) is 5.32 Å². The predicted octanol–water partition coefficient (Wildman–Crippen LogP) is 4.73. The highest BCUT2D eigenvalue weighted by Gasteiger charge is 2.64. The molecule has 0 aliphatic carbocycles. The normalized spacial score (nSPS) is 32.6. The van der Waals surface area contributed by atoms with Gasteiger partial charge in [0.2, 0.25) is 5.91 Å². The molecule has 7 atom stereocenters. The molecule has 1 aromatic rings. The van der Waals surface area contributed by atoms with Gasteiger partial charge in [-0.1, -0.05) is 49.2 Å². The number of hydrogen-bond donors (Lipinski definition) is 1. The third kappa shape index (κ3) is 6.75. The van der Waals surface area contributed by atoms with E-state index in [1.54, 1.807) is 28.0 Å². The van der Waals surface area contributed by atoms with Crippen molar-refractivity contribution in [3.63, 3.8) is 0 Å². The minimum atomic E-state index is -1.22. The van der Waals surface area contributed by atoms with E-state index in [0.717, 1.165) is 11.1 Å². The van der Waals surface area contributed by atoms with Crippen molar-refractivity contribution in [1.29, 1.82) is 0 Å². The van der Waals surface area contributed by atoms with Crippen LogP contribution >= 0.6 is 11.6 Å². The van der Waals surface area contributed by atoms with Gasteiger partial charge >= 0.3 is 12.1 Å². The molecular weight excluding hydrogens is 592 g/mol. The third-order valence-electron chi connectivity index (χ3n) is 8.85. The molecule has 0 aromatic heterocycles. The molecule has 44 heavy (non-hydrogen) atoms. The van der Waals surface area contributed by atoms with Gasteiger partial charge in [-0.05, 0) is 38.0 Å². The summed E-state index contributed by atoms with van der Waals surface area (Å²) in [5, 5.41) is 3.11. The average molecular weight is 635 g/mol. The predicted molar refractivity (Wildman–Crippen MR) is 164 cm³/mol. The van der Waals surface area contributed by atoms with Crippen molar-refractivity contribution < 1.29 is 42.8 Å². The maximum Gasteiger partial charge on any atom is 0.409 e. The largest absolute Gasteiger partial charge is 0.495 e. The SMILES string of the molecule is CCC(=O)OC1CC(=O)N(C)c2cc(cc(OC)c2Cl)CC(C)=CC=CC(OC)C2(OC)CC(OC(=O)N2)C(C)C2OC12C. The average Bonchev–Trinajstić information content (AvgIpc) is 3.70. The second-order valence-corrected chi connectivity index (χ2v) is 12.2. The molecule has 4 rings (SSSR count). The second kappa shape index (κ2) is 13.5. The molecule has 3 heterocycles. The van der Waals surface area contributed by atoms with Gasteiger partial charge in [0.1, 0.15) is 34.7 Å². The zero-order valence-electron chi connectivity index (χ0n) is 26.6. The first-order chi connectivity index (χ1) is 20.8. The van der Waals surface area contributed by atoms with E-state index < -0.39 is 47.8 Å². The number of fused-ring (bicyclic) bond motifs is 5. The van der Waals surface area contributed by atoms with Crippen LogP contribution in [0.25, 0.3) is 0 Å². The number of amides is 2. The quantitative estimate of drug-likeness (QED) is 0.361. The monoisotopic (exact) mass is 634 g/mol. The van der Waals surface area contributed by atoms with Crippen LogP contribution in [0.1, 0.15) is 52.5 Å². The van der Waals surface area contributed by atoms with Crippen molar-refractivity contribution in [2.75, 3.05) is 33.3 Å². The molecule has 3 aliphatic heterocycles. The van der Waals surface area contributed by atoms with Gasteiger partial charge in [0, 0.05) is 40.0 Å². The van der Waals surface area contributed by atoms with Crippen LogP contribution in [0.4, 0.5) is 10.5 Å². The Balaban J connectivity index is 1.81. The van der Waals surface area contributed by atoms with Crippen molar-refractivity contribution in [3.05, 3.63) is 46.5 Å². The minimum absolute atomic E-state index is 0.128. The lowest BCUT2D eigenvalue weighted by atomic mass is 9.83. The highest BCUT2D eigenvalue weighted by molar-refractivity contribution is 6.35. The highest BCUT2D eigenvalue weighted by Crippen LogP contribution is 2.49. The van der Waals surface area contributed by atoms with Crippen molar-refractivity contribution in [3.8, 4) is 5.75 Å². The van der Waals surface area contributed by atoms with E-state index in [1.165, 1.54) is 19.1 Å². The summed E-state index contributed by atoms with van der Waals surface area (Å²) in [4.78, 5) is 40.6.